The molecular weight excluding hydrogens is 408 g/mol. The lowest BCUT2D eigenvalue weighted by molar-refractivity contribution is -0.246. The van der Waals surface area contributed by atoms with Crippen LogP contribution in [-0.4, -0.2) is 33.1 Å². The molecule has 0 aromatic rings. The summed E-state index contributed by atoms with van der Waals surface area (Å²) >= 11 is 0. The maximum atomic E-state index is 11.8. The number of aliphatic hydroxyl groups excluding tert-OH is 2. The fourth-order valence-electron chi connectivity index (χ4n) is 10.3. The first-order chi connectivity index (χ1) is 15.1. The molecule has 0 unspecified atom stereocenters. The number of rotatable bonds is 4. The monoisotopic (exact) mass is 460 g/mol. The van der Waals surface area contributed by atoms with Crippen LogP contribution in [0.15, 0.2) is 11.6 Å². The maximum Gasteiger partial charge on any atom is 0.0654 e. The van der Waals surface area contributed by atoms with Gasteiger partial charge in [0, 0.05) is 0 Å². The van der Waals surface area contributed by atoms with E-state index in [0.717, 1.165) is 44.9 Å². The van der Waals surface area contributed by atoms with Gasteiger partial charge >= 0.3 is 0 Å². The Hall–Kier alpha value is -0.380. The normalized spacial score (nSPS) is 50.5. The van der Waals surface area contributed by atoms with Crippen LogP contribution in [0.1, 0.15) is 113 Å². The van der Waals surface area contributed by atoms with E-state index in [1.54, 1.807) is 0 Å². The molecule has 4 saturated carbocycles. The minimum absolute atomic E-state index is 0.0503. The van der Waals surface area contributed by atoms with Gasteiger partial charge in [0.15, 0.2) is 0 Å². The minimum Gasteiger partial charge on any atom is -0.393 e. The Morgan fingerprint density at radius 3 is 2.18 bits per heavy atom. The van der Waals surface area contributed by atoms with Crippen molar-refractivity contribution in [3.8, 4) is 0 Å². The van der Waals surface area contributed by atoms with Gasteiger partial charge < -0.3 is 15.3 Å². The fraction of sp³-hybridized carbons (Fsp3) is 0.933. The van der Waals surface area contributed by atoms with Gasteiger partial charge in [-0.15, -0.1) is 0 Å². The van der Waals surface area contributed by atoms with Gasteiger partial charge in [-0.25, -0.2) is 0 Å². The van der Waals surface area contributed by atoms with Gasteiger partial charge in [-0.3, -0.25) is 0 Å². The highest BCUT2D eigenvalue weighted by molar-refractivity contribution is 5.20. The zero-order valence-electron chi connectivity index (χ0n) is 22.7. The highest BCUT2D eigenvalue weighted by Gasteiger charge is 2.71. The van der Waals surface area contributed by atoms with E-state index in [2.05, 4.69) is 54.5 Å². The summed E-state index contributed by atoms with van der Waals surface area (Å²) in [6, 6.07) is 0. The molecule has 33 heavy (non-hydrogen) atoms. The molecule has 0 aliphatic heterocycles. The Bertz CT molecular complexity index is 779. The maximum absolute atomic E-state index is 11.8. The molecule has 4 aliphatic rings. The number of fused-ring (bicyclic) bond motifs is 5. The summed E-state index contributed by atoms with van der Waals surface area (Å²) in [6.45, 7) is 18.3. The van der Waals surface area contributed by atoms with Gasteiger partial charge in [0.1, 0.15) is 0 Å². The number of hydrogen-bond acceptors (Lipinski definition) is 3. The molecule has 4 fully saturated rings. The van der Waals surface area contributed by atoms with E-state index in [1.165, 1.54) is 18.4 Å². The molecule has 0 aromatic heterocycles. The summed E-state index contributed by atoms with van der Waals surface area (Å²) in [5.74, 6) is 1.31. The highest BCUT2D eigenvalue weighted by Crippen LogP contribution is 2.75. The van der Waals surface area contributed by atoms with E-state index in [9.17, 15) is 15.3 Å². The van der Waals surface area contributed by atoms with Crippen molar-refractivity contribution >= 4 is 0 Å². The Morgan fingerprint density at radius 2 is 1.55 bits per heavy atom. The van der Waals surface area contributed by atoms with Gasteiger partial charge in [0.2, 0.25) is 0 Å². The molecule has 0 bridgehead atoms. The molecule has 4 rings (SSSR count). The summed E-state index contributed by atoms with van der Waals surface area (Å²) in [6.07, 6.45) is 10.6. The van der Waals surface area contributed by atoms with Gasteiger partial charge in [-0.2, -0.15) is 0 Å². The van der Waals surface area contributed by atoms with Crippen LogP contribution in [0.5, 0.6) is 0 Å². The van der Waals surface area contributed by atoms with Crippen LogP contribution in [0.4, 0.5) is 0 Å². The third-order valence-electron chi connectivity index (χ3n) is 12.4. The Kier molecular flexibility index (Phi) is 6.28. The van der Waals surface area contributed by atoms with E-state index in [0.29, 0.717) is 11.8 Å². The lowest BCUT2D eigenvalue weighted by atomic mass is 9.35. The summed E-state index contributed by atoms with van der Waals surface area (Å²) in [5.41, 5.74) is 0.885. The lowest BCUT2D eigenvalue weighted by Gasteiger charge is -2.70. The quantitative estimate of drug-likeness (QED) is 0.420. The molecular formula is C30H52O3. The van der Waals surface area contributed by atoms with Crippen LogP contribution in [0, 0.1) is 45.3 Å². The van der Waals surface area contributed by atoms with E-state index in [4.69, 9.17) is 0 Å². The summed E-state index contributed by atoms with van der Waals surface area (Å²) in [5, 5.41) is 34.3. The smallest absolute Gasteiger partial charge is 0.0654 e. The van der Waals surface area contributed by atoms with Gasteiger partial charge in [-0.05, 0) is 124 Å². The standard InChI is InChI=1S/C30H52O3/c1-19(2)10-9-14-30(8,33)20-11-16-29(7)25(20)21(31)18-23-27(5)15-13-24(32)26(3,4)22(27)12-17-28(23,29)6/h10,20-25,31-33H,9,11-18H2,1-8H3/t20-,21+,22-,23+,24-,25+,27-,28+,29+,30+/m0/s1. The summed E-state index contributed by atoms with van der Waals surface area (Å²) in [4.78, 5) is 0. The van der Waals surface area contributed by atoms with Crippen LogP contribution in [0.2, 0.25) is 0 Å². The molecule has 0 heterocycles. The molecule has 10 atom stereocenters. The number of hydrogen-bond donors (Lipinski definition) is 3. The van der Waals surface area contributed by atoms with Gasteiger partial charge in [0.05, 0.1) is 17.8 Å². The molecule has 0 radical (unpaired) electrons. The largest absolute Gasteiger partial charge is 0.393 e. The Labute approximate surface area is 203 Å². The zero-order chi connectivity index (χ0) is 24.6. The Balaban J connectivity index is 1.66. The summed E-state index contributed by atoms with van der Waals surface area (Å²) < 4.78 is 0. The molecule has 0 aromatic carbocycles. The first-order valence-electron chi connectivity index (χ1n) is 13.8. The van der Waals surface area contributed by atoms with Crippen molar-refractivity contribution in [1.29, 1.82) is 0 Å². The van der Waals surface area contributed by atoms with E-state index >= 15 is 0 Å². The topological polar surface area (TPSA) is 60.7 Å². The molecule has 190 valence electrons. The zero-order valence-corrected chi connectivity index (χ0v) is 22.7. The SMILES string of the molecule is CC(C)=CCC[C@@](C)(O)[C@H]1CC[C@]2(C)[C@H]1[C@H](O)C[C@@H]1[C@@]3(C)CC[C@H](O)C(C)(C)[C@@H]3CC[C@]12C. The van der Waals surface area contributed by atoms with Crippen LogP contribution in [0.3, 0.4) is 0 Å². The molecule has 3 nitrogen and oxygen atoms in total. The average molecular weight is 461 g/mol. The molecule has 4 aliphatic carbocycles. The predicted molar refractivity (Wildman–Crippen MR) is 136 cm³/mol. The third-order valence-corrected chi connectivity index (χ3v) is 12.4. The predicted octanol–water partition coefficient (Wildman–Crippen LogP) is 6.50. The van der Waals surface area contributed by atoms with Crippen molar-refractivity contribution in [3.05, 3.63) is 11.6 Å². The van der Waals surface area contributed by atoms with Crippen LogP contribution in [0.25, 0.3) is 0 Å². The van der Waals surface area contributed by atoms with Crippen molar-refractivity contribution in [2.24, 2.45) is 45.3 Å². The summed E-state index contributed by atoms with van der Waals surface area (Å²) in [7, 11) is 0. The Morgan fingerprint density at radius 1 is 0.909 bits per heavy atom. The van der Waals surface area contributed by atoms with Crippen molar-refractivity contribution < 1.29 is 15.3 Å². The molecule has 3 heteroatoms. The van der Waals surface area contributed by atoms with Crippen molar-refractivity contribution in [2.45, 2.75) is 131 Å². The molecule has 0 amide bonds. The second-order valence-electron chi connectivity index (χ2n) is 14.5. The second kappa shape index (κ2) is 8.07. The minimum atomic E-state index is -0.739. The lowest BCUT2D eigenvalue weighted by Crippen LogP contribution is -2.66. The van der Waals surface area contributed by atoms with Crippen molar-refractivity contribution in [1.82, 2.24) is 0 Å². The van der Waals surface area contributed by atoms with Crippen LogP contribution in [-0.2, 0) is 0 Å². The van der Waals surface area contributed by atoms with Gasteiger partial charge in [-0.1, -0.05) is 46.3 Å². The number of allylic oxidation sites excluding steroid dienone is 2. The van der Waals surface area contributed by atoms with E-state index < -0.39 is 5.60 Å². The average Bonchev–Trinajstić information content (AvgIpc) is 3.08. The van der Waals surface area contributed by atoms with Crippen LogP contribution >= 0.6 is 0 Å². The second-order valence-corrected chi connectivity index (χ2v) is 14.5. The first-order valence-corrected chi connectivity index (χ1v) is 13.8. The molecule has 0 saturated heterocycles. The first kappa shape index (κ1) is 25.7. The van der Waals surface area contributed by atoms with E-state index in [1.807, 2.05) is 6.92 Å². The number of aliphatic hydroxyl groups is 3. The third kappa shape index (κ3) is 3.61. The molecule has 0 spiro atoms. The van der Waals surface area contributed by atoms with Crippen molar-refractivity contribution in [2.75, 3.05) is 0 Å². The van der Waals surface area contributed by atoms with Gasteiger partial charge in [0.25, 0.3) is 0 Å². The van der Waals surface area contributed by atoms with E-state index in [-0.39, 0.29) is 45.7 Å². The fourth-order valence-corrected chi connectivity index (χ4v) is 10.3. The van der Waals surface area contributed by atoms with Crippen molar-refractivity contribution in [3.63, 3.8) is 0 Å². The van der Waals surface area contributed by atoms with Crippen LogP contribution < -0.4 is 0 Å². The molecule has 3 N–H and O–H groups in total. The highest BCUT2D eigenvalue weighted by atomic mass is 16.3.